The molecular weight excluding hydrogens is 220 g/mol. The van der Waals surface area contributed by atoms with Crippen LogP contribution in [0.5, 0.6) is 0 Å². The van der Waals surface area contributed by atoms with Gasteiger partial charge in [-0.25, -0.2) is 9.97 Å². The van der Waals surface area contributed by atoms with Crippen LogP contribution in [0.4, 0.5) is 0 Å². The Hall–Kier alpha value is -1.41. The summed E-state index contributed by atoms with van der Waals surface area (Å²) in [4.78, 5) is 8.44. The molecule has 82 valence electrons. The van der Waals surface area contributed by atoms with Crippen LogP contribution >= 0.6 is 11.6 Å². The van der Waals surface area contributed by atoms with Crippen LogP contribution in [0.15, 0.2) is 30.3 Å². The highest BCUT2D eigenvalue weighted by atomic mass is 35.5. The lowest BCUT2D eigenvalue weighted by Gasteiger charge is -2.04. The van der Waals surface area contributed by atoms with Gasteiger partial charge in [0.2, 0.25) is 0 Å². The van der Waals surface area contributed by atoms with Crippen LogP contribution in [0.3, 0.4) is 0 Å². The molecule has 0 aliphatic heterocycles. The van der Waals surface area contributed by atoms with Gasteiger partial charge in [-0.15, -0.1) is 0 Å². The van der Waals surface area contributed by atoms with Gasteiger partial charge in [0, 0.05) is 11.6 Å². The van der Waals surface area contributed by atoms with Gasteiger partial charge in [-0.2, -0.15) is 0 Å². The first-order valence-corrected chi connectivity index (χ1v) is 5.67. The molecule has 0 saturated heterocycles. The van der Waals surface area contributed by atoms with Crippen LogP contribution in [0, 0.1) is 6.92 Å². The summed E-state index contributed by atoms with van der Waals surface area (Å²) in [5.41, 5.74) is 3.27. The third-order valence-corrected chi connectivity index (χ3v) is 2.63. The van der Waals surface area contributed by atoms with Crippen molar-refractivity contribution in [3.05, 3.63) is 46.9 Å². The highest BCUT2D eigenvalue weighted by Crippen LogP contribution is 2.21. The van der Waals surface area contributed by atoms with Crippen molar-refractivity contribution in [3.8, 4) is 11.3 Å². The van der Waals surface area contributed by atoms with Gasteiger partial charge in [0.05, 0.1) is 5.69 Å². The highest BCUT2D eigenvalue weighted by molar-refractivity contribution is 6.29. The quantitative estimate of drug-likeness (QED) is 0.739. The summed E-state index contributed by atoms with van der Waals surface area (Å²) < 4.78 is 0. The van der Waals surface area contributed by atoms with Crippen molar-refractivity contribution in [2.24, 2.45) is 0 Å². The normalized spacial score (nSPS) is 10.4. The van der Waals surface area contributed by atoms with E-state index in [-0.39, 0.29) is 0 Å². The molecule has 2 rings (SSSR count). The van der Waals surface area contributed by atoms with Crippen molar-refractivity contribution < 1.29 is 0 Å². The molecule has 0 spiro atoms. The van der Waals surface area contributed by atoms with Crippen molar-refractivity contribution >= 4 is 11.6 Å². The molecule has 0 atom stereocenters. The Labute approximate surface area is 100 Å². The molecule has 0 saturated carbocycles. The van der Waals surface area contributed by atoms with Crippen LogP contribution in [-0.2, 0) is 6.42 Å². The fourth-order valence-corrected chi connectivity index (χ4v) is 1.86. The largest absolute Gasteiger partial charge is 0.233 e. The second-order valence-electron chi connectivity index (χ2n) is 3.68. The fourth-order valence-electron chi connectivity index (χ4n) is 1.63. The van der Waals surface area contributed by atoms with Crippen molar-refractivity contribution in [2.75, 3.05) is 0 Å². The maximum Gasteiger partial charge on any atom is 0.133 e. The molecule has 0 aliphatic rings. The Balaban J connectivity index is 2.49. The summed E-state index contributed by atoms with van der Waals surface area (Å²) in [6, 6.07) is 10.1. The van der Waals surface area contributed by atoms with Gasteiger partial charge in [-0.1, -0.05) is 36.7 Å². The molecule has 0 aliphatic carbocycles. The van der Waals surface area contributed by atoms with E-state index in [2.05, 4.69) is 29.0 Å². The standard InChI is InChI=1S/C13H13ClN2/c1-3-10-5-4-6-11(7-10)12-8-13(14)16-9(2)15-12/h4-8H,3H2,1-2H3. The average Bonchev–Trinajstić information content (AvgIpc) is 2.28. The molecule has 1 heterocycles. The van der Waals surface area contributed by atoms with Crippen LogP contribution < -0.4 is 0 Å². The molecule has 16 heavy (non-hydrogen) atoms. The monoisotopic (exact) mass is 232 g/mol. The predicted octanol–water partition coefficient (Wildman–Crippen LogP) is 3.67. The minimum absolute atomic E-state index is 0.490. The predicted molar refractivity (Wildman–Crippen MR) is 66.6 cm³/mol. The van der Waals surface area contributed by atoms with E-state index in [1.807, 2.05) is 19.1 Å². The second kappa shape index (κ2) is 4.62. The zero-order valence-electron chi connectivity index (χ0n) is 9.37. The molecule has 0 radical (unpaired) electrons. The number of hydrogen-bond donors (Lipinski definition) is 0. The number of benzene rings is 1. The first-order chi connectivity index (χ1) is 7.69. The van der Waals surface area contributed by atoms with Gasteiger partial charge in [0.25, 0.3) is 0 Å². The number of aromatic nitrogens is 2. The van der Waals surface area contributed by atoms with E-state index in [9.17, 15) is 0 Å². The molecule has 2 aromatic rings. The first-order valence-electron chi connectivity index (χ1n) is 5.29. The molecule has 0 bridgehead atoms. The smallest absolute Gasteiger partial charge is 0.133 e. The number of halogens is 1. The number of aryl methyl sites for hydroxylation is 2. The Morgan fingerprint density at radius 2 is 2.00 bits per heavy atom. The van der Waals surface area contributed by atoms with E-state index in [0.717, 1.165) is 17.7 Å². The van der Waals surface area contributed by atoms with Crippen LogP contribution in [0.25, 0.3) is 11.3 Å². The van der Waals surface area contributed by atoms with E-state index in [1.165, 1.54) is 5.56 Å². The molecular formula is C13H13ClN2. The zero-order valence-corrected chi connectivity index (χ0v) is 10.1. The van der Waals surface area contributed by atoms with Crippen molar-refractivity contribution in [3.63, 3.8) is 0 Å². The third kappa shape index (κ3) is 2.39. The zero-order chi connectivity index (χ0) is 11.5. The lowest BCUT2D eigenvalue weighted by molar-refractivity contribution is 1.06. The van der Waals surface area contributed by atoms with Crippen molar-refractivity contribution in [2.45, 2.75) is 20.3 Å². The summed E-state index contributed by atoms with van der Waals surface area (Å²) in [5.74, 6) is 0.699. The molecule has 0 N–H and O–H groups in total. The van der Waals surface area contributed by atoms with Crippen LogP contribution in [0.2, 0.25) is 5.15 Å². The van der Waals surface area contributed by atoms with E-state index >= 15 is 0 Å². The minimum atomic E-state index is 0.490. The lowest BCUT2D eigenvalue weighted by Crippen LogP contribution is -1.92. The number of hydrogen-bond acceptors (Lipinski definition) is 2. The maximum absolute atomic E-state index is 5.92. The summed E-state index contributed by atoms with van der Waals surface area (Å²) in [5, 5.41) is 0.490. The van der Waals surface area contributed by atoms with Crippen LogP contribution in [0.1, 0.15) is 18.3 Å². The molecule has 0 fully saturated rings. The Bertz CT molecular complexity index is 489. The summed E-state index contributed by atoms with van der Waals surface area (Å²) in [6.07, 6.45) is 1.02. The highest BCUT2D eigenvalue weighted by Gasteiger charge is 2.03. The molecule has 0 unspecified atom stereocenters. The van der Waals surface area contributed by atoms with Gasteiger partial charge in [0.15, 0.2) is 0 Å². The topological polar surface area (TPSA) is 25.8 Å². The summed E-state index contributed by atoms with van der Waals surface area (Å²) >= 11 is 5.92. The Morgan fingerprint density at radius 3 is 2.69 bits per heavy atom. The lowest BCUT2D eigenvalue weighted by atomic mass is 10.1. The Kier molecular flexibility index (Phi) is 3.20. The molecule has 1 aromatic carbocycles. The average molecular weight is 233 g/mol. The minimum Gasteiger partial charge on any atom is -0.233 e. The van der Waals surface area contributed by atoms with Gasteiger partial charge in [0.1, 0.15) is 11.0 Å². The van der Waals surface area contributed by atoms with Gasteiger partial charge >= 0.3 is 0 Å². The molecule has 2 nitrogen and oxygen atoms in total. The second-order valence-corrected chi connectivity index (χ2v) is 4.06. The van der Waals surface area contributed by atoms with Crippen molar-refractivity contribution in [1.29, 1.82) is 0 Å². The summed E-state index contributed by atoms with van der Waals surface area (Å²) in [6.45, 7) is 3.98. The fraction of sp³-hybridized carbons (Fsp3) is 0.231. The molecule has 1 aromatic heterocycles. The summed E-state index contributed by atoms with van der Waals surface area (Å²) in [7, 11) is 0. The van der Waals surface area contributed by atoms with E-state index in [4.69, 9.17) is 11.6 Å². The Morgan fingerprint density at radius 1 is 1.19 bits per heavy atom. The molecule has 0 amide bonds. The SMILES string of the molecule is CCc1cccc(-c2cc(Cl)nc(C)n2)c1. The van der Waals surface area contributed by atoms with E-state index < -0.39 is 0 Å². The maximum atomic E-state index is 5.92. The van der Waals surface area contributed by atoms with Crippen LogP contribution in [-0.4, -0.2) is 9.97 Å². The van der Waals surface area contributed by atoms with E-state index in [1.54, 1.807) is 6.07 Å². The van der Waals surface area contributed by atoms with Gasteiger partial charge in [-0.05, 0) is 25.0 Å². The van der Waals surface area contributed by atoms with Gasteiger partial charge in [-0.3, -0.25) is 0 Å². The first kappa shape index (κ1) is 11.1. The molecule has 3 heteroatoms. The third-order valence-electron chi connectivity index (χ3n) is 2.44. The van der Waals surface area contributed by atoms with Gasteiger partial charge < -0.3 is 0 Å². The van der Waals surface area contributed by atoms with E-state index in [0.29, 0.717) is 11.0 Å². The number of rotatable bonds is 2. The number of nitrogens with zero attached hydrogens (tertiary/aromatic N) is 2. The van der Waals surface area contributed by atoms with Crippen molar-refractivity contribution in [1.82, 2.24) is 9.97 Å².